The van der Waals surface area contributed by atoms with Crippen molar-refractivity contribution in [3.63, 3.8) is 0 Å². The van der Waals surface area contributed by atoms with Crippen LogP contribution in [-0.2, 0) is 16.0 Å². The first-order valence-electron chi connectivity index (χ1n) is 6.60. The highest BCUT2D eigenvalue weighted by atomic mass is 16.5. The molecule has 1 amide bonds. The third-order valence-electron chi connectivity index (χ3n) is 4.12. The van der Waals surface area contributed by atoms with Crippen molar-refractivity contribution in [2.24, 2.45) is 11.7 Å². The number of hydrogen-bond acceptors (Lipinski definition) is 4. The van der Waals surface area contributed by atoms with Crippen LogP contribution in [0.1, 0.15) is 12.0 Å². The number of nitrogens with two attached hydrogens (primary N) is 1. The predicted octanol–water partition coefficient (Wildman–Crippen LogP) is 0.166. The Morgan fingerprint density at radius 3 is 3.05 bits per heavy atom. The molecule has 2 aliphatic rings. The molecular weight excluding hydrogens is 244 g/mol. The Kier molecular flexibility index (Phi) is 3.16. The standard InChI is InChI=1S/C14H18N2O3/c15-12-9-5-6-19-14(9)13(12)16-11(18)7-8-3-1-2-4-10(8)17/h1-4,9,12-14,17H,5-7,15H2,(H,16,18). The Hall–Kier alpha value is -1.59. The normalized spacial score (nSPS) is 32.5. The molecule has 2 fully saturated rings. The first-order valence-corrected chi connectivity index (χ1v) is 6.60. The minimum atomic E-state index is -0.129. The smallest absolute Gasteiger partial charge is 0.224 e. The van der Waals surface area contributed by atoms with Gasteiger partial charge in [-0.1, -0.05) is 18.2 Å². The molecule has 19 heavy (non-hydrogen) atoms. The van der Waals surface area contributed by atoms with Crippen molar-refractivity contribution in [3.8, 4) is 5.75 Å². The zero-order valence-corrected chi connectivity index (χ0v) is 10.6. The molecule has 4 N–H and O–H groups in total. The molecule has 1 saturated heterocycles. The van der Waals surface area contributed by atoms with Gasteiger partial charge in [-0.15, -0.1) is 0 Å². The van der Waals surface area contributed by atoms with E-state index >= 15 is 0 Å². The van der Waals surface area contributed by atoms with Crippen LogP contribution in [0.15, 0.2) is 24.3 Å². The molecule has 5 heteroatoms. The van der Waals surface area contributed by atoms with Crippen LogP contribution in [0.3, 0.4) is 0 Å². The topological polar surface area (TPSA) is 84.6 Å². The van der Waals surface area contributed by atoms with Crippen molar-refractivity contribution < 1.29 is 14.6 Å². The molecule has 1 aromatic rings. The lowest BCUT2D eigenvalue weighted by molar-refractivity contribution is -0.125. The molecule has 0 bridgehead atoms. The molecule has 1 saturated carbocycles. The highest BCUT2D eigenvalue weighted by Gasteiger charge is 2.52. The van der Waals surface area contributed by atoms with Gasteiger partial charge < -0.3 is 20.9 Å². The Morgan fingerprint density at radius 2 is 2.26 bits per heavy atom. The number of carbonyl (C=O) groups excluding carboxylic acids is 1. The minimum Gasteiger partial charge on any atom is -0.508 e. The van der Waals surface area contributed by atoms with Gasteiger partial charge in [-0.25, -0.2) is 0 Å². The molecule has 5 nitrogen and oxygen atoms in total. The van der Waals surface area contributed by atoms with Crippen LogP contribution >= 0.6 is 0 Å². The largest absolute Gasteiger partial charge is 0.508 e. The fourth-order valence-electron chi connectivity index (χ4n) is 3.00. The summed E-state index contributed by atoms with van der Waals surface area (Å²) in [5.74, 6) is 0.400. The summed E-state index contributed by atoms with van der Waals surface area (Å²) in [5, 5.41) is 12.6. The summed E-state index contributed by atoms with van der Waals surface area (Å²) in [4.78, 5) is 12.0. The maximum atomic E-state index is 12.0. The number of nitrogens with one attached hydrogen (secondary N) is 1. The van der Waals surface area contributed by atoms with E-state index in [2.05, 4.69) is 5.32 Å². The molecule has 0 aromatic heterocycles. The number of phenolic OH excluding ortho intramolecular Hbond substituents is 1. The van der Waals surface area contributed by atoms with Crippen LogP contribution in [0.25, 0.3) is 0 Å². The monoisotopic (exact) mass is 262 g/mol. The molecule has 1 aliphatic carbocycles. The fourth-order valence-corrected chi connectivity index (χ4v) is 3.00. The summed E-state index contributed by atoms with van der Waals surface area (Å²) in [6.07, 6.45) is 1.22. The number of ether oxygens (including phenoxy) is 1. The van der Waals surface area contributed by atoms with Crippen molar-refractivity contribution in [1.82, 2.24) is 5.32 Å². The number of rotatable bonds is 3. The van der Waals surface area contributed by atoms with Crippen molar-refractivity contribution in [2.75, 3.05) is 6.61 Å². The van der Waals surface area contributed by atoms with Gasteiger partial charge in [-0.2, -0.15) is 0 Å². The van der Waals surface area contributed by atoms with Crippen LogP contribution in [0.4, 0.5) is 0 Å². The summed E-state index contributed by atoms with van der Waals surface area (Å²) in [6.45, 7) is 0.731. The minimum absolute atomic E-state index is 0.0131. The summed E-state index contributed by atoms with van der Waals surface area (Å²) < 4.78 is 5.57. The molecular formula is C14H18N2O3. The maximum absolute atomic E-state index is 12.0. The average Bonchev–Trinajstić information content (AvgIpc) is 2.83. The molecule has 4 atom stereocenters. The predicted molar refractivity (Wildman–Crippen MR) is 69.6 cm³/mol. The molecule has 0 radical (unpaired) electrons. The lowest BCUT2D eigenvalue weighted by Crippen LogP contribution is -2.69. The van der Waals surface area contributed by atoms with E-state index in [0.717, 1.165) is 13.0 Å². The van der Waals surface area contributed by atoms with E-state index in [1.165, 1.54) is 0 Å². The maximum Gasteiger partial charge on any atom is 0.224 e. The number of hydrogen-bond donors (Lipinski definition) is 3. The van der Waals surface area contributed by atoms with Crippen molar-refractivity contribution >= 4 is 5.91 Å². The lowest BCUT2D eigenvalue weighted by atomic mass is 9.72. The first kappa shape index (κ1) is 12.4. The number of benzene rings is 1. The van der Waals surface area contributed by atoms with E-state index in [0.29, 0.717) is 11.5 Å². The van der Waals surface area contributed by atoms with Gasteiger partial charge in [0.1, 0.15) is 5.75 Å². The lowest BCUT2D eigenvalue weighted by Gasteiger charge is -2.45. The number of aromatic hydroxyl groups is 1. The molecule has 3 rings (SSSR count). The van der Waals surface area contributed by atoms with Gasteiger partial charge in [-0.05, 0) is 12.5 Å². The zero-order chi connectivity index (χ0) is 13.4. The van der Waals surface area contributed by atoms with Crippen LogP contribution in [0.2, 0.25) is 0 Å². The number of para-hydroxylation sites is 1. The summed E-state index contributed by atoms with van der Waals surface area (Å²) in [6, 6.07) is 6.74. The van der Waals surface area contributed by atoms with Gasteiger partial charge >= 0.3 is 0 Å². The van der Waals surface area contributed by atoms with E-state index in [4.69, 9.17) is 10.5 Å². The SMILES string of the molecule is NC1C2CCOC2C1NC(=O)Cc1ccccc1O. The van der Waals surface area contributed by atoms with E-state index in [1.807, 2.05) is 0 Å². The summed E-state index contributed by atoms with van der Waals surface area (Å²) >= 11 is 0. The number of amides is 1. The Balaban J connectivity index is 1.59. The molecule has 4 unspecified atom stereocenters. The third kappa shape index (κ3) is 2.19. The van der Waals surface area contributed by atoms with Gasteiger partial charge in [-0.3, -0.25) is 4.79 Å². The van der Waals surface area contributed by atoms with E-state index in [1.54, 1.807) is 24.3 Å². The summed E-state index contributed by atoms with van der Waals surface area (Å²) in [7, 11) is 0. The molecule has 0 spiro atoms. The fraction of sp³-hybridized carbons (Fsp3) is 0.500. The second-order valence-corrected chi connectivity index (χ2v) is 5.26. The highest BCUT2D eigenvalue weighted by molar-refractivity contribution is 5.80. The Morgan fingerprint density at radius 1 is 1.47 bits per heavy atom. The molecule has 102 valence electrons. The van der Waals surface area contributed by atoms with Gasteiger partial charge in [0, 0.05) is 24.1 Å². The highest BCUT2D eigenvalue weighted by Crippen LogP contribution is 2.37. The number of fused-ring (bicyclic) bond motifs is 1. The van der Waals surface area contributed by atoms with E-state index < -0.39 is 0 Å². The van der Waals surface area contributed by atoms with Gasteiger partial charge in [0.15, 0.2) is 0 Å². The quantitative estimate of drug-likeness (QED) is 0.724. The van der Waals surface area contributed by atoms with Crippen LogP contribution in [-0.4, -0.2) is 35.8 Å². The number of phenols is 1. The van der Waals surface area contributed by atoms with E-state index in [9.17, 15) is 9.90 Å². The number of carbonyl (C=O) groups is 1. The Labute approximate surface area is 111 Å². The van der Waals surface area contributed by atoms with E-state index in [-0.39, 0.29) is 36.3 Å². The molecule has 1 aliphatic heterocycles. The van der Waals surface area contributed by atoms with Crippen molar-refractivity contribution in [3.05, 3.63) is 29.8 Å². The second kappa shape index (κ2) is 4.83. The van der Waals surface area contributed by atoms with Gasteiger partial charge in [0.25, 0.3) is 0 Å². The third-order valence-corrected chi connectivity index (χ3v) is 4.12. The molecule has 1 heterocycles. The molecule has 1 aromatic carbocycles. The zero-order valence-electron chi connectivity index (χ0n) is 10.6. The Bertz CT molecular complexity index is 491. The van der Waals surface area contributed by atoms with Crippen molar-refractivity contribution in [2.45, 2.75) is 31.0 Å². The second-order valence-electron chi connectivity index (χ2n) is 5.26. The average molecular weight is 262 g/mol. The van der Waals surface area contributed by atoms with Crippen LogP contribution in [0.5, 0.6) is 5.75 Å². The van der Waals surface area contributed by atoms with Crippen LogP contribution in [0, 0.1) is 5.92 Å². The van der Waals surface area contributed by atoms with Gasteiger partial charge in [0.2, 0.25) is 5.91 Å². The van der Waals surface area contributed by atoms with Gasteiger partial charge in [0.05, 0.1) is 18.6 Å². The summed E-state index contributed by atoms with van der Waals surface area (Å²) in [5.41, 5.74) is 6.66. The first-order chi connectivity index (χ1) is 9.16. The van der Waals surface area contributed by atoms with Crippen molar-refractivity contribution in [1.29, 1.82) is 0 Å². The van der Waals surface area contributed by atoms with Crippen LogP contribution < -0.4 is 11.1 Å².